The van der Waals surface area contributed by atoms with Crippen molar-refractivity contribution >= 4 is 27.7 Å². The van der Waals surface area contributed by atoms with E-state index < -0.39 is 32.4 Å². The van der Waals surface area contributed by atoms with Crippen LogP contribution < -0.4 is 14.9 Å². The van der Waals surface area contributed by atoms with Gasteiger partial charge in [-0.2, -0.15) is 0 Å². The summed E-state index contributed by atoms with van der Waals surface area (Å²) in [6, 6.07) is 6.12. The Morgan fingerprint density at radius 2 is 1.78 bits per heavy atom. The fraction of sp³-hybridized carbons (Fsp3) is 0.524. The van der Waals surface area contributed by atoms with Crippen LogP contribution in [-0.4, -0.2) is 60.6 Å². The number of sulfonamides is 1. The van der Waals surface area contributed by atoms with Crippen LogP contribution in [0.25, 0.3) is 0 Å². The zero-order valence-corrected chi connectivity index (χ0v) is 19.4. The SMILES string of the molecule is CC#CCOc1ccc(NS(=O)(=O)C2(C(=O)NO)CCN(C(=O)OC(C)(C)C)CC2)cc1. The molecule has 0 aromatic heterocycles. The van der Waals surface area contributed by atoms with Gasteiger partial charge in [0.15, 0.2) is 4.75 Å². The van der Waals surface area contributed by atoms with Crippen LogP contribution in [0.5, 0.6) is 5.75 Å². The van der Waals surface area contributed by atoms with Crippen LogP contribution in [0.1, 0.15) is 40.5 Å². The number of ether oxygens (including phenoxy) is 2. The van der Waals surface area contributed by atoms with Crippen LogP contribution in [0.2, 0.25) is 0 Å². The molecular weight excluding hydrogens is 438 g/mol. The first kappa shape index (κ1) is 25.3. The smallest absolute Gasteiger partial charge is 0.410 e. The van der Waals surface area contributed by atoms with Crippen molar-refractivity contribution in [2.45, 2.75) is 50.9 Å². The molecule has 10 nitrogen and oxygen atoms in total. The molecule has 1 heterocycles. The van der Waals surface area contributed by atoms with Crippen molar-refractivity contribution < 1.29 is 32.7 Å². The number of carbonyl (C=O) groups is 2. The molecule has 1 aromatic carbocycles. The lowest BCUT2D eigenvalue weighted by atomic mass is 9.95. The summed E-state index contributed by atoms with van der Waals surface area (Å²) in [5, 5.41) is 9.22. The predicted octanol–water partition coefficient (Wildman–Crippen LogP) is 2.11. The first-order chi connectivity index (χ1) is 14.9. The van der Waals surface area contributed by atoms with Gasteiger partial charge in [0, 0.05) is 18.8 Å². The number of hydroxylamine groups is 1. The van der Waals surface area contributed by atoms with Crippen molar-refractivity contribution in [3.63, 3.8) is 0 Å². The van der Waals surface area contributed by atoms with Crippen molar-refractivity contribution in [2.75, 3.05) is 24.4 Å². The first-order valence-electron chi connectivity index (χ1n) is 10.0. The maximum atomic E-state index is 13.2. The number of rotatable bonds is 6. The molecule has 0 aliphatic carbocycles. The Morgan fingerprint density at radius 3 is 2.28 bits per heavy atom. The third-order valence-corrected chi connectivity index (χ3v) is 6.97. The third-order valence-electron chi connectivity index (χ3n) is 4.85. The van der Waals surface area contributed by atoms with Crippen LogP contribution in [-0.2, 0) is 19.6 Å². The largest absolute Gasteiger partial charge is 0.481 e. The molecule has 0 saturated carbocycles. The van der Waals surface area contributed by atoms with Gasteiger partial charge >= 0.3 is 6.09 Å². The quantitative estimate of drug-likeness (QED) is 0.331. The van der Waals surface area contributed by atoms with Gasteiger partial charge in [-0.3, -0.25) is 14.7 Å². The highest BCUT2D eigenvalue weighted by molar-refractivity contribution is 7.94. The second-order valence-corrected chi connectivity index (χ2v) is 10.2. The number of nitrogens with zero attached hydrogens (tertiary/aromatic N) is 1. The Kier molecular flexibility index (Phi) is 7.98. The summed E-state index contributed by atoms with van der Waals surface area (Å²) in [6.45, 7) is 7.00. The monoisotopic (exact) mass is 467 g/mol. The summed E-state index contributed by atoms with van der Waals surface area (Å²) in [7, 11) is -4.29. The van der Waals surface area contributed by atoms with Crippen molar-refractivity contribution in [3.8, 4) is 17.6 Å². The molecule has 0 unspecified atom stereocenters. The van der Waals surface area contributed by atoms with E-state index in [2.05, 4.69) is 16.6 Å². The predicted molar refractivity (Wildman–Crippen MR) is 118 cm³/mol. The van der Waals surface area contributed by atoms with Gasteiger partial charge in [-0.25, -0.2) is 18.7 Å². The van der Waals surface area contributed by atoms with Crippen LogP contribution in [0, 0.1) is 11.8 Å². The van der Waals surface area contributed by atoms with Crippen LogP contribution >= 0.6 is 0 Å². The summed E-state index contributed by atoms with van der Waals surface area (Å²) in [5.74, 6) is 4.89. The highest BCUT2D eigenvalue weighted by atomic mass is 32.2. The molecule has 1 aliphatic rings. The summed E-state index contributed by atoms with van der Waals surface area (Å²) in [6.07, 6.45) is -1.03. The van der Waals surface area contributed by atoms with Crippen LogP contribution in [0.3, 0.4) is 0 Å². The molecular formula is C21H29N3O7S. The molecule has 11 heteroatoms. The van der Waals surface area contributed by atoms with Gasteiger partial charge in [0.2, 0.25) is 10.0 Å². The number of likely N-dealkylation sites (tertiary alicyclic amines) is 1. The van der Waals surface area contributed by atoms with Gasteiger partial charge in [-0.1, -0.05) is 5.92 Å². The third kappa shape index (κ3) is 6.05. The number of piperidine rings is 1. The van der Waals surface area contributed by atoms with E-state index in [1.807, 2.05) is 0 Å². The van der Waals surface area contributed by atoms with Crippen molar-refractivity contribution in [1.82, 2.24) is 10.4 Å². The first-order valence-corrected chi connectivity index (χ1v) is 11.5. The Morgan fingerprint density at radius 1 is 1.19 bits per heavy atom. The van der Waals surface area contributed by atoms with Gasteiger partial charge in [0.1, 0.15) is 18.0 Å². The number of anilines is 1. The fourth-order valence-electron chi connectivity index (χ4n) is 3.16. The molecule has 32 heavy (non-hydrogen) atoms. The normalized spacial score (nSPS) is 15.7. The summed E-state index contributed by atoms with van der Waals surface area (Å²) in [5.41, 5.74) is 0.975. The zero-order valence-electron chi connectivity index (χ0n) is 18.6. The van der Waals surface area contributed by atoms with E-state index in [9.17, 15) is 23.2 Å². The van der Waals surface area contributed by atoms with Crippen LogP contribution in [0.4, 0.5) is 10.5 Å². The molecule has 0 spiro atoms. The summed E-state index contributed by atoms with van der Waals surface area (Å²) >= 11 is 0. The van der Waals surface area contributed by atoms with E-state index in [1.54, 1.807) is 39.8 Å². The molecule has 0 bridgehead atoms. The van der Waals surface area contributed by atoms with Gasteiger partial charge in [-0.15, -0.1) is 5.92 Å². The zero-order chi connectivity index (χ0) is 24.0. The Balaban J connectivity index is 2.17. The van der Waals surface area contributed by atoms with E-state index in [0.29, 0.717) is 5.75 Å². The molecule has 0 radical (unpaired) electrons. The van der Waals surface area contributed by atoms with E-state index in [4.69, 9.17) is 9.47 Å². The Hall–Kier alpha value is -2.97. The number of benzene rings is 1. The van der Waals surface area contributed by atoms with E-state index in [0.717, 1.165) is 0 Å². The van der Waals surface area contributed by atoms with Gasteiger partial charge < -0.3 is 14.4 Å². The van der Waals surface area contributed by atoms with E-state index >= 15 is 0 Å². The second-order valence-electron chi connectivity index (χ2n) is 8.25. The van der Waals surface area contributed by atoms with Crippen molar-refractivity contribution in [3.05, 3.63) is 24.3 Å². The lowest BCUT2D eigenvalue weighted by molar-refractivity contribution is -0.133. The summed E-state index contributed by atoms with van der Waals surface area (Å²) in [4.78, 5) is 26.1. The number of hydrogen-bond donors (Lipinski definition) is 3. The highest BCUT2D eigenvalue weighted by Crippen LogP contribution is 2.33. The maximum Gasteiger partial charge on any atom is 0.410 e. The van der Waals surface area contributed by atoms with E-state index in [-0.39, 0.29) is 38.2 Å². The number of carbonyl (C=O) groups excluding carboxylic acids is 2. The minimum absolute atomic E-state index is 0.0332. The number of nitrogens with one attached hydrogen (secondary N) is 2. The van der Waals surface area contributed by atoms with Gasteiger partial charge in [0.05, 0.1) is 0 Å². The Labute approximate surface area is 188 Å². The minimum atomic E-state index is -4.29. The molecule has 1 fully saturated rings. The van der Waals surface area contributed by atoms with Crippen LogP contribution in [0.15, 0.2) is 24.3 Å². The molecule has 2 rings (SSSR count). The topological polar surface area (TPSA) is 134 Å². The average Bonchev–Trinajstić information content (AvgIpc) is 2.73. The van der Waals surface area contributed by atoms with Gasteiger partial charge in [-0.05, 0) is 64.8 Å². The molecule has 1 aliphatic heterocycles. The number of hydrogen-bond acceptors (Lipinski definition) is 7. The van der Waals surface area contributed by atoms with Crippen molar-refractivity contribution in [2.24, 2.45) is 0 Å². The lowest BCUT2D eigenvalue weighted by Gasteiger charge is -2.39. The second kappa shape index (κ2) is 10.1. The molecule has 1 saturated heterocycles. The minimum Gasteiger partial charge on any atom is -0.481 e. The Bertz CT molecular complexity index is 981. The molecule has 3 N–H and O–H groups in total. The highest BCUT2D eigenvalue weighted by Gasteiger charge is 2.53. The molecule has 1 aromatic rings. The maximum absolute atomic E-state index is 13.2. The van der Waals surface area contributed by atoms with Crippen molar-refractivity contribution in [1.29, 1.82) is 0 Å². The molecule has 2 amide bonds. The lowest BCUT2D eigenvalue weighted by Crippen LogP contribution is -2.60. The molecule has 176 valence electrons. The summed E-state index contributed by atoms with van der Waals surface area (Å²) < 4.78 is 37.6. The molecule has 0 atom stereocenters. The fourth-order valence-corrected chi connectivity index (χ4v) is 4.81. The van der Waals surface area contributed by atoms with E-state index in [1.165, 1.54) is 22.5 Å². The average molecular weight is 468 g/mol. The number of amides is 2. The van der Waals surface area contributed by atoms with Gasteiger partial charge in [0.25, 0.3) is 5.91 Å². The standard InChI is InChI=1S/C21H29N3O7S/c1-5-6-15-30-17-9-7-16(8-10-17)23-32(28,29)21(18(25)22-27)11-13-24(14-12-21)19(26)31-20(2,3)4/h7-10,23,27H,11-15H2,1-4H3,(H,22,25).